The van der Waals surface area contributed by atoms with Crippen LogP contribution in [-0.2, 0) is 0 Å². The van der Waals surface area contributed by atoms with Crippen molar-refractivity contribution in [1.29, 1.82) is 0 Å². The van der Waals surface area contributed by atoms with Crippen LogP contribution >= 0.6 is 0 Å². The molecule has 2 rings (SSSR count). The van der Waals surface area contributed by atoms with E-state index in [1.165, 1.54) is 19.3 Å². The monoisotopic (exact) mass is 267 g/mol. The Labute approximate surface area is 119 Å². The maximum atomic E-state index is 11.5. The van der Waals surface area contributed by atoms with Crippen molar-refractivity contribution >= 4 is 0 Å². The van der Waals surface area contributed by atoms with E-state index in [2.05, 4.69) is 27.7 Å². The van der Waals surface area contributed by atoms with Gasteiger partial charge in [0.2, 0.25) is 0 Å². The molecule has 0 heterocycles. The maximum Gasteiger partial charge on any atom is 0.0723 e. The van der Waals surface area contributed by atoms with E-state index in [-0.39, 0.29) is 10.8 Å². The second-order valence-corrected chi connectivity index (χ2v) is 8.39. The first-order valence-electron chi connectivity index (χ1n) is 8.18. The fraction of sp³-hybridized carbons (Fsp3) is 1.00. The Kier molecular flexibility index (Phi) is 4.06. The van der Waals surface area contributed by atoms with Gasteiger partial charge in [-0.05, 0) is 55.8 Å². The molecule has 112 valence electrons. The number of nitrogens with two attached hydrogens (primary N) is 1. The van der Waals surface area contributed by atoms with Gasteiger partial charge in [0.25, 0.3) is 0 Å². The second-order valence-electron chi connectivity index (χ2n) is 8.39. The molecular formula is C17H33NO. The Hall–Kier alpha value is -0.0800. The van der Waals surface area contributed by atoms with Crippen LogP contribution in [0.2, 0.25) is 0 Å². The fourth-order valence-electron chi connectivity index (χ4n) is 5.32. The highest BCUT2D eigenvalue weighted by Gasteiger charge is 2.56. The van der Waals surface area contributed by atoms with Gasteiger partial charge < -0.3 is 10.8 Å². The van der Waals surface area contributed by atoms with E-state index in [0.717, 1.165) is 31.6 Å². The van der Waals surface area contributed by atoms with E-state index in [4.69, 9.17) is 5.73 Å². The average Bonchev–Trinajstić information content (AvgIpc) is 2.70. The quantitative estimate of drug-likeness (QED) is 0.818. The molecule has 0 bridgehead atoms. The van der Waals surface area contributed by atoms with E-state index in [9.17, 15) is 5.11 Å². The molecule has 0 aromatic carbocycles. The molecular weight excluding hydrogens is 234 g/mol. The Morgan fingerprint density at radius 2 is 1.89 bits per heavy atom. The van der Waals surface area contributed by atoms with Crippen LogP contribution in [0.5, 0.6) is 0 Å². The summed E-state index contributed by atoms with van der Waals surface area (Å²) in [6, 6.07) is 0. The van der Waals surface area contributed by atoms with Gasteiger partial charge in [-0.1, -0.05) is 34.1 Å². The summed E-state index contributed by atoms with van der Waals surface area (Å²) in [5.74, 6) is 1.38. The number of hydrogen-bond donors (Lipinski definition) is 2. The van der Waals surface area contributed by atoms with Crippen molar-refractivity contribution in [2.24, 2.45) is 28.4 Å². The molecule has 4 atom stereocenters. The summed E-state index contributed by atoms with van der Waals surface area (Å²) in [4.78, 5) is 0. The average molecular weight is 267 g/mol. The topological polar surface area (TPSA) is 46.2 Å². The van der Waals surface area contributed by atoms with Crippen LogP contribution in [0.1, 0.15) is 72.6 Å². The summed E-state index contributed by atoms with van der Waals surface area (Å²) in [6.07, 6.45) is 7.86. The van der Waals surface area contributed by atoms with Gasteiger partial charge in [0.15, 0.2) is 0 Å². The zero-order valence-electron chi connectivity index (χ0n) is 13.3. The van der Waals surface area contributed by atoms with E-state index < -0.39 is 5.60 Å². The Bertz CT molecular complexity index is 327. The lowest BCUT2D eigenvalue weighted by Gasteiger charge is -2.53. The van der Waals surface area contributed by atoms with Gasteiger partial charge in [-0.3, -0.25) is 0 Å². The van der Waals surface area contributed by atoms with Crippen molar-refractivity contribution in [3.63, 3.8) is 0 Å². The third-order valence-corrected chi connectivity index (χ3v) is 6.02. The van der Waals surface area contributed by atoms with Gasteiger partial charge in [-0.2, -0.15) is 0 Å². The molecule has 19 heavy (non-hydrogen) atoms. The molecule has 2 heteroatoms. The zero-order chi connectivity index (χ0) is 14.3. The van der Waals surface area contributed by atoms with Crippen LogP contribution in [0.4, 0.5) is 0 Å². The van der Waals surface area contributed by atoms with E-state index in [1.807, 2.05) is 0 Å². The van der Waals surface area contributed by atoms with E-state index in [1.54, 1.807) is 0 Å². The van der Waals surface area contributed by atoms with Gasteiger partial charge in [-0.25, -0.2) is 0 Å². The summed E-state index contributed by atoms with van der Waals surface area (Å²) >= 11 is 0. The van der Waals surface area contributed by atoms with Gasteiger partial charge in [0.1, 0.15) is 0 Å². The lowest BCUT2D eigenvalue weighted by atomic mass is 9.56. The Morgan fingerprint density at radius 3 is 2.37 bits per heavy atom. The highest BCUT2D eigenvalue weighted by Crippen LogP contribution is 2.58. The zero-order valence-corrected chi connectivity index (χ0v) is 13.3. The SMILES string of the molecule is CCC1CCC(CN)(C2(O)CC(C)CC(C)(C)C2)C1. The van der Waals surface area contributed by atoms with Gasteiger partial charge in [0, 0.05) is 12.0 Å². The van der Waals surface area contributed by atoms with Crippen molar-refractivity contribution in [2.45, 2.75) is 78.2 Å². The second kappa shape index (κ2) is 5.04. The summed E-state index contributed by atoms with van der Waals surface area (Å²) < 4.78 is 0. The number of hydrogen-bond acceptors (Lipinski definition) is 2. The fourth-order valence-corrected chi connectivity index (χ4v) is 5.32. The first-order valence-corrected chi connectivity index (χ1v) is 8.18. The van der Waals surface area contributed by atoms with Crippen LogP contribution in [0, 0.1) is 22.7 Å². The summed E-state index contributed by atoms with van der Waals surface area (Å²) in [5.41, 5.74) is 5.88. The smallest absolute Gasteiger partial charge is 0.0723 e. The van der Waals surface area contributed by atoms with Crippen LogP contribution < -0.4 is 5.73 Å². The van der Waals surface area contributed by atoms with Gasteiger partial charge >= 0.3 is 0 Å². The highest BCUT2D eigenvalue weighted by atomic mass is 16.3. The van der Waals surface area contributed by atoms with Crippen molar-refractivity contribution in [2.75, 3.05) is 6.54 Å². The summed E-state index contributed by atoms with van der Waals surface area (Å²) in [5, 5.41) is 11.5. The molecule has 0 aromatic rings. The molecule has 2 saturated carbocycles. The van der Waals surface area contributed by atoms with Crippen LogP contribution in [0.3, 0.4) is 0 Å². The van der Waals surface area contributed by atoms with E-state index >= 15 is 0 Å². The molecule has 0 radical (unpaired) electrons. The molecule has 2 fully saturated rings. The molecule has 4 unspecified atom stereocenters. The first-order chi connectivity index (χ1) is 8.76. The maximum absolute atomic E-state index is 11.5. The molecule has 2 nitrogen and oxygen atoms in total. The lowest BCUT2D eigenvalue weighted by Crippen LogP contribution is -2.56. The van der Waals surface area contributed by atoms with Crippen LogP contribution in [0.25, 0.3) is 0 Å². The largest absolute Gasteiger partial charge is 0.389 e. The van der Waals surface area contributed by atoms with Crippen LogP contribution in [-0.4, -0.2) is 17.3 Å². The normalized spacial score (nSPS) is 46.4. The highest BCUT2D eigenvalue weighted by molar-refractivity contribution is 5.08. The van der Waals surface area contributed by atoms with Gasteiger partial charge in [0.05, 0.1) is 5.60 Å². The summed E-state index contributed by atoms with van der Waals surface area (Å²) in [7, 11) is 0. The van der Waals surface area contributed by atoms with Crippen molar-refractivity contribution in [3.8, 4) is 0 Å². The molecule has 0 amide bonds. The van der Waals surface area contributed by atoms with Crippen LogP contribution in [0.15, 0.2) is 0 Å². The molecule has 0 aliphatic heterocycles. The molecule has 2 aliphatic rings. The first kappa shape index (κ1) is 15.3. The molecule has 0 spiro atoms. The molecule has 2 aliphatic carbocycles. The standard InChI is InChI=1S/C17H33NO/c1-5-14-6-7-16(10-14,12-18)17(19)9-13(2)8-15(3,4)11-17/h13-14,19H,5-12,18H2,1-4H3. The third kappa shape index (κ3) is 2.71. The predicted molar refractivity (Wildman–Crippen MR) is 80.9 cm³/mol. The van der Waals surface area contributed by atoms with Gasteiger partial charge in [-0.15, -0.1) is 0 Å². The third-order valence-electron chi connectivity index (χ3n) is 6.02. The van der Waals surface area contributed by atoms with Crippen molar-refractivity contribution in [1.82, 2.24) is 0 Å². The molecule has 0 aromatic heterocycles. The summed E-state index contributed by atoms with van der Waals surface area (Å²) in [6.45, 7) is 9.84. The minimum absolute atomic E-state index is 0.0143. The predicted octanol–water partition coefficient (Wildman–Crippen LogP) is 3.72. The van der Waals surface area contributed by atoms with Crippen molar-refractivity contribution in [3.05, 3.63) is 0 Å². The molecule has 3 N–H and O–H groups in total. The minimum atomic E-state index is -0.535. The van der Waals surface area contributed by atoms with Crippen molar-refractivity contribution < 1.29 is 5.11 Å². The minimum Gasteiger partial charge on any atom is -0.389 e. The molecule has 0 saturated heterocycles. The van der Waals surface area contributed by atoms with E-state index in [0.29, 0.717) is 12.5 Å². The Balaban J connectivity index is 2.26. The Morgan fingerprint density at radius 1 is 1.21 bits per heavy atom. The lowest BCUT2D eigenvalue weighted by molar-refractivity contribution is -0.143. The number of rotatable bonds is 3. The number of aliphatic hydroxyl groups is 1.